The average Bonchev–Trinajstić information content (AvgIpc) is 1.61. The van der Waals surface area contributed by atoms with Crippen molar-refractivity contribution in [2.75, 3.05) is 0 Å². The Kier molecular flexibility index (Phi) is 0.889. The molecule has 1 fully saturated rings. The highest BCUT2D eigenvalue weighted by molar-refractivity contribution is 5.64. The van der Waals surface area contributed by atoms with Crippen LogP contribution in [-0.4, -0.2) is 17.0 Å². The lowest BCUT2D eigenvalue weighted by molar-refractivity contribution is 0.0317. The van der Waals surface area contributed by atoms with Crippen LogP contribution in [0, 0.1) is 0 Å². The molecule has 0 saturated heterocycles. The van der Waals surface area contributed by atoms with Crippen LogP contribution >= 0.6 is 0 Å². The molecule has 0 aromatic rings. The van der Waals surface area contributed by atoms with Crippen molar-refractivity contribution in [1.29, 1.82) is 0 Å². The Hall–Kier alpha value is -0.370. The summed E-state index contributed by atoms with van der Waals surface area (Å²) in [6.07, 6.45) is 3.76. The lowest BCUT2D eigenvalue weighted by Gasteiger charge is -2.29. The third kappa shape index (κ3) is 0.657. The molecule has 0 bridgehead atoms. The van der Waals surface area contributed by atoms with Gasteiger partial charge in [-0.3, -0.25) is 4.79 Å². The number of carbonyl (C=O) groups excluding carboxylic acids is 1. The molecule has 0 heterocycles. The quantitative estimate of drug-likeness (QED) is 0.502. The fourth-order valence-electron chi connectivity index (χ4n) is 0.614. The second-order valence-corrected chi connectivity index (χ2v) is 1.99. The molecule has 39 valence electrons. The predicted molar refractivity (Wildman–Crippen MR) is 24.5 cm³/mol. The van der Waals surface area contributed by atoms with Gasteiger partial charge in [-0.05, 0) is 19.3 Å². The zero-order valence-electron chi connectivity index (χ0n) is 3.98. The van der Waals surface area contributed by atoms with Gasteiger partial charge in [-0.15, -0.1) is 0 Å². The summed E-state index contributed by atoms with van der Waals surface area (Å²) in [6, 6.07) is 0. The van der Waals surface area contributed by atoms with Crippen molar-refractivity contribution >= 4 is 6.29 Å². The first-order chi connectivity index (χ1) is 3.27. The van der Waals surface area contributed by atoms with Gasteiger partial charge in [0, 0.05) is 0 Å². The van der Waals surface area contributed by atoms with E-state index in [4.69, 9.17) is 5.11 Å². The van der Waals surface area contributed by atoms with Crippen molar-refractivity contribution in [2.45, 2.75) is 24.9 Å². The zero-order valence-corrected chi connectivity index (χ0v) is 3.98. The molecule has 1 rings (SSSR count). The number of rotatable bonds is 1. The van der Waals surface area contributed by atoms with E-state index in [-0.39, 0.29) is 0 Å². The first-order valence-corrected chi connectivity index (χ1v) is 2.38. The molecule has 7 heavy (non-hydrogen) atoms. The minimum absolute atomic E-state index is 0.608. The van der Waals surface area contributed by atoms with Gasteiger partial charge >= 0.3 is 0 Å². The van der Waals surface area contributed by atoms with Gasteiger partial charge in [-0.25, -0.2) is 0 Å². The maximum Gasteiger partial charge on any atom is 0.232 e. The Labute approximate surface area is 42.1 Å². The summed E-state index contributed by atoms with van der Waals surface area (Å²) >= 11 is 0. The molecular weight excluding hydrogens is 92.1 g/mol. The first-order valence-electron chi connectivity index (χ1n) is 2.38. The van der Waals surface area contributed by atoms with E-state index in [0.29, 0.717) is 12.8 Å². The van der Waals surface area contributed by atoms with Crippen LogP contribution in [0.3, 0.4) is 0 Å². The third-order valence-corrected chi connectivity index (χ3v) is 1.37. The van der Waals surface area contributed by atoms with Crippen LogP contribution in [0.4, 0.5) is 0 Å². The molecular formula is C5H7O2. The zero-order chi connectivity index (χ0) is 5.33. The molecule has 1 aliphatic rings. The Morgan fingerprint density at radius 2 is 2.14 bits per heavy atom. The van der Waals surface area contributed by atoms with Crippen molar-refractivity contribution in [1.82, 2.24) is 0 Å². The second kappa shape index (κ2) is 1.30. The summed E-state index contributed by atoms with van der Waals surface area (Å²) in [6.45, 7) is 0. The lowest BCUT2D eigenvalue weighted by Crippen LogP contribution is -2.37. The van der Waals surface area contributed by atoms with Crippen molar-refractivity contribution in [2.24, 2.45) is 0 Å². The molecule has 1 aliphatic carbocycles. The fourth-order valence-corrected chi connectivity index (χ4v) is 0.614. The predicted octanol–water partition coefficient (Wildman–Crippen LogP) is 0.0111. The second-order valence-electron chi connectivity index (χ2n) is 1.99. The molecule has 1 saturated carbocycles. The number of hydrogen-bond donors (Lipinski definition) is 1. The number of aliphatic hydroxyl groups is 1. The van der Waals surface area contributed by atoms with Crippen molar-refractivity contribution in [3.05, 3.63) is 0 Å². The van der Waals surface area contributed by atoms with Crippen LogP contribution in [0.1, 0.15) is 19.3 Å². The van der Waals surface area contributed by atoms with Crippen LogP contribution < -0.4 is 0 Å². The molecule has 2 nitrogen and oxygen atoms in total. The van der Waals surface area contributed by atoms with Gasteiger partial charge in [-0.2, -0.15) is 0 Å². The minimum atomic E-state index is -1.04. The van der Waals surface area contributed by atoms with Gasteiger partial charge in [0.2, 0.25) is 6.29 Å². The summed E-state index contributed by atoms with van der Waals surface area (Å²) in [5.74, 6) is 0. The third-order valence-electron chi connectivity index (χ3n) is 1.37. The number of hydrogen-bond acceptors (Lipinski definition) is 2. The Morgan fingerprint density at radius 1 is 1.57 bits per heavy atom. The highest BCUT2D eigenvalue weighted by Gasteiger charge is 2.34. The molecule has 0 unspecified atom stereocenters. The summed E-state index contributed by atoms with van der Waals surface area (Å²) in [5, 5.41) is 8.80. The van der Waals surface area contributed by atoms with E-state index in [0.717, 1.165) is 6.42 Å². The van der Waals surface area contributed by atoms with Crippen LogP contribution in [0.5, 0.6) is 0 Å². The van der Waals surface area contributed by atoms with Crippen LogP contribution in [0.2, 0.25) is 0 Å². The largest absolute Gasteiger partial charge is 0.382 e. The van der Waals surface area contributed by atoms with E-state index in [1.807, 2.05) is 0 Å². The smallest absolute Gasteiger partial charge is 0.232 e. The van der Waals surface area contributed by atoms with Gasteiger partial charge in [0.15, 0.2) is 0 Å². The van der Waals surface area contributed by atoms with E-state index in [9.17, 15) is 4.79 Å². The van der Waals surface area contributed by atoms with Crippen molar-refractivity contribution in [3.8, 4) is 0 Å². The van der Waals surface area contributed by atoms with E-state index in [2.05, 4.69) is 0 Å². The molecule has 0 aromatic heterocycles. The van der Waals surface area contributed by atoms with E-state index in [1.54, 1.807) is 6.29 Å². The van der Waals surface area contributed by atoms with E-state index >= 15 is 0 Å². The lowest BCUT2D eigenvalue weighted by atomic mass is 9.82. The van der Waals surface area contributed by atoms with Crippen LogP contribution in [0.25, 0.3) is 0 Å². The summed E-state index contributed by atoms with van der Waals surface area (Å²) in [5.41, 5.74) is -1.04. The first kappa shape index (κ1) is 4.78. The summed E-state index contributed by atoms with van der Waals surface area (Å²) < 4.78 is 0. The topological polar surface area (TPSA) is 37.3 Å². The Balaban J connectivity index is 2.43. The molecule has 0 aliphatic heterocycles. The molecule has 0 atom stereocenters. The van der Waals surface area contributed by atoms with Crippen LogP contribution in [-0.2, 0) is 4.79 Å². The highest BCUT2D eigenvalue weighted by atomic mass is 16.3. The molecule has 1 N–H and O–H groups in total. The van der Waals surface area contributed by atoms with Crippen molar-refractivity contribution < 1.29 is 9.90 Å². The Morgan fingerprint density at radius 3 is 2.14 bits per heavy atom. The average molecular weight is 99.1 g/mol. The molecule has 0 aromatic carbocycles. The Bertz CT molecular complexity index is 84.1. The SMILES string of the molecule is O=[C]C1(O)CCC1. The molecule has 0 spiro atoms. The van der Waals surface area contributed by atoms with Crippen LogP contribution in [0.15, 0.2) is 0 Å². The van der Waals surface area contributed by atoms with Gasteiger partial charge in [-0.1, -0.05) is 0 Å². The van der Waals surface area contributed by atoms with E-state index < -0.39 is 5.60 Å². The fraction of sp³-hybridized carbons (Fsp3) is 0.800. The summed E-state index contributed by atoms with van der Waals surface area (Å²) in [7, 11) is 0. The van der Waals surface area contributed by atoms with Gasteiger partial charge in [0.25, 0.3) is 0 Å². The normalized spacial score (nSPS) is 25.9. The molecule has 2 heteroatoms. The maximum atomic E-state index is 9.73. The maximum absolute atomic E-state index is 9.73. The molecule has 0 amide bonds. The monoisotopic (exact) mass is 99.0 g/mol. The van der Waals surface area contributed by atoms with E-state index in [1.165, 1.54) is 0 Å². The molecule has 1 radical (unpaired) electrons. The van der Waals surface area contributed by atoms with Gasteiger partial charge in [0.1, 0.15) is 5.60 Å². The highest BCUT2D eigenvalue weighted by Crippen LogP contribution is 2.28. The van der Waals surface area contributed by atoms with Crippen molar-refractivity contribution in [3.63, 3.8) is 0 Å². The minimum Gasteiger partial charge on any atom is -0.382 e. The summed E-state index contributed by atoms with van der Waals surface area (Å²) in [4.78, 5) is 9.73. The van der Waals surface area contributed by atoms with Gasteiger partial charge < -0.3 is 5.11 Å². The van der Waals surface area contributed by atoms with Gasteiger partial charge in [0.05, 0.1) is 0 Å². The standard InChI is InChI=1S/C5H7O2/c6-4-5(7)2-1-3-5/h7H,1-3H2.